The molecule has 0 bridgehead atoms. The molecule has 0 aromatic rings. The zero-order valence-corrected chi connectivity index (χ0v) is 8.49. The first-order valence-corrected chi connectivity index (χ1v) is 4.93. The Hall–Kier alpha value is -0.120. The van der Waals surface area contributed by atoms with E-state index in [9.17, 15) is 5.11 Å². The number of fused-ring (bicyclic) bond motifs is 1. The van der Waals surface area contributed by atoms with Gasteiger partial charge in [0, 0.05) is 13.0 Å². The first kappa shape index (κ1) is 9.44. The summed E-state index contributed by atoms with van der Waals surface area (Å²) in [7, 11) is 1.67. The Labute approximate surface area is 79.0 Å². The summed E-state index contributed by atoms with van der Waals surface area (Å²) >= 11 is 0. The lowest BCUT2D eigenvalue weighted by molar-refractivity contribution is -0.162. The van der Waals surface area contributed by atoms with Gasteiger partial charge in [0.25, 0.3) is 0 Å². The molecule has 0 aromatic heterocycles. The van der Waals surface area contributed by atoms with Crippen LogP contribution in [0, 0.1) is 11.8 Å². The highest BCUT2D eigenvalue weighted by molar-refractivity contribution is 4.99. The molecule has 0 aromatic carbocycles. The van der Waals surface area contributed by atoms with E-state index in [0.717, 1.165) is 12.8 Å². The minimum Gasteiger partial charge on any atom is -0.393 e. The van der Waals surface area contributed by atoms with E-state index >= 15 is 0 Å². The molecular formula is C10H18O3. The lowest BCUT2D eigenvalue weighted by Crippen LogP contribution is -2.28. The first-order chi connectivity index (χ1) is 6.04. The van der Waals surface area contributed by atoms with Crippen LogP contribution in [0.2, 0.25) is 0 Å². The van der Waals surface area contributed by atoms with Gasteiger partial charge in [-0.05, 0) is 32.6 Å². The van der Waals surface area contributed by atoms with E-state index in [1.165, 1.54) is 0 Å². The molecule has 3 nitrogen and oxygen atoms in total. The third kappa shape index (κ3) is 1.39. The molecular weight excluding hydrogens is 168 g/mol. The molecule has 2 rings (SSSR count). The smallest absolute Gasteiger partial charge is 0.161 e. The molecule has 1 aliphatic carbocycles. The molecule has 2 fully saturated rings. The molecule has 1 saturated heterocycles. The molecule has 0 spiro atoms. The number of hydrogen-bond donors (Lipinski definition) is 1. The molecule has 1 N–H and O–H groups in total. The van der Waals surface area contributed by atoms with Gasteiger partial charge in [-0.25, -0.2) is 0 Å². The van der Waals surface area contributed by atoms with Crippen molar-refractivity contribution in [3.8, 4) is 0 Å². The summed E-state index contributed by atoms with van der Waals surface area (Å²) in [6, 6.07) is 0. The molecule has 76 valence electrons. The van der Waals surface area contributed by atoms with E-state index in [4.69, 9.17) is 9.47 Å². The van der Waals surface area contributed by atoms with E-state index in [1.54, 1.807) is 7.11 Å². The Kier molecular flexibility index (Phi) is 2.13. The Balaban J connectivity index is 2.17. The Morgan fingerprint density at radius 2 is 2.08 bits per heavy atom. The second-order valence-electron chi connectivity index (χ2n) is 4.72. The molecule has 13 heavy (non-hydrogen) atoms. The monoisotopic (exact) mass is 186 g/mol. The van der Waals surface area contributed by atoms with Crippen molar-refractivity contribution in [2.45, 2.75) is 44.7 Å². The summed E-state index contributed by atoms with van der Waals surface area (Å²) < 4.78 is 11.1. The van der Waals surface area contributed by atoms with Gasteiger partial charge >= 0.3 is 0 Å². The van der Waals surface area contributed by atoms with Crippen molar-refractivity contribution >= 4 is 0 Å². The van der Waals surface area contributed by atoms with Crippen LogP contribution in [-0.2, 0) is 9.47 Å². The highest BCUT2D eigenvalue weighted by Gasteiger charge is 2.53. The summed E-state index contributed by atoms with van der Waals surface area (Å²) in [5, 5.41) is 9.57. The van der Waals surface area contributed by atoms with Crippen LogP contribution < -0.4 is 0 Å². The van der Waals surface area contributed by atoms with Crippen molar-refractivity contribution in [1.82, 2.24) is 0 Å². The fraction of sp³-hybridized carbons (Fsp3) is 1.00. The minimum absolute atomic E-state index is 0.114. The van der Waals surface area contributed by atoms with Crippen LogP contribution >= 0.6 is 0 Å². The van der Waals surface area contributed by atoms with Gasteiger partial charge in [0.1, 0.15) is 0 Å². The summed E-state index contributed by atoms with van der Waals surface area (Å²) in [4.78, 5) is 0. The van der Waals surface area contributed by atoms with E-state index in [1.807, 2.05) is 0 Å². The van der Waals surface area contributed by atoms with Gasteiger partial charge in [0.15, 0.2) is 6.29 Å². The van der Waals surface area contributed by atoms with Crippen molar-refractivity contribution in [2.24, 2.45) is 11.8 Å². The van der Waals surface area contributed by atoms with Crippen molar-refractivity contribution in [3.05, 3.63) is 0 Å². The predicted molar refractivity (Wildman–Crippen MR) is 48.2 cm³/mol. The largest absolute Gasteiger partial charge is 0.393 e. The van der Waals surface area contributed by atoms with E-state index in [2.05, 4.69) is 13.8 Å². The topological polar surface area (TPSA) is 38.7 Å². The van der Waals surface area contributed by atoms with Crippen molar-refractivity contribution in [3.63, 3.8) is 0 Å². The Morgan fingerprint density at radius 1 is 1.38 bits per heavy atom. The summed E-state index contributed by atoms with van der Waals surface area (Å²) in [5.41, 5.74) is -0.136. The lowest BCUT2D eigenvalue weighted by Gasteiger charge is -2.24. The second-order valence-corrected chi connectivity index (χ2v) is 4.72. The molecule has 0 amide bonds. The van der Waals surface area contributed by atoms with Gasteiger partial charge in [0.2, 0.25) is 0 Å². The zero-order chi connectivity index (χ0) is 9.64. The predicted octanol–water partition coefficient (Wildman–Crippen LogP) is 1.15. The van der Waals surface area contributed by atoms with Gasteiger partial charge in [-0.3, -0.25) is 0 Å². The van der Waals surface area contributed by atoms with Crippen LogP contribution in [0.15, 0.2) is 0 Å². The van der Waals surface area contributed by atoms with Crippen LogP contribution in [0.1, 0.15) is 26.7 Å². The zero-order valence-electron chi connectivity index (χ0n) is 8.49. The maximum atomic E-state index is 9.57. The molecule has 3 heteroatoms. The molecule has 1 aliphatic heterocycles. The fourth-order valence-electron chi connectivity index (χ4n) is 2.84. The summed E-state index contributed by atoms with van der Waals surface area (Å²) in [6.45, 7) is 4.17. The number of methoxy groups -OCH3 is 1. The third-order valence-corrected chi connectivity index (χ3v) is 3.48. The van der Waals surface area contributed by atoms with Crippen molar-refractivity contribution in [1.29, 1.82) is 0 Å². The molecule has 4 atom stereocenters. The average Bonchev–Trinajstić information content (AvgIpc) is 2.51. The molecule has 4 unspecified atom stereocenters. The normalized spacial score (nSPS) is 48.0. The lowest BCUT2D eigenvalue weighted by atomic mass is 9.85. The Morgan fingerprint density at radius 3 is 2.69 bits per heavy atom. The number of rotatable bonds is 1. The maximum Gasteiger partial charge on any atom is 0.161 e. The molecule has 2 aliphatic rings. The van der Waals surface area contributed by atoms with E-state index in [-0.39, 0.29) is 18.0 Å². The van der Waals surface area contributed by atoms with Crippen LogP contribution in [0.4, 0.5) is 0 Å². The average molecular weight is 186 g/mol. The highest BCUT2D eigenvalue weighted by Crippen LogP contribution is 2.49. The molecule has 0 radical (unpaired) electrons. The van der Waals surface area contributed by atoms with E-state index < -0.39 is 0 Å². The fourth-order valence-corrected chi connectivity index (χ4v) is 2.84. The van der Waals surface area contributed by atoms with Crippen LogP contribution in [0.5, 0.6) is 0 Å². The maximum absolute atomic E-state index is 9.57. The van der Waals surface area contributed by atoms with Crippen molar-refractivity contribution < 1.29 is 14.6 Å². The SMILES string of the molecule is COC1OC(C)(C)C2CC(O)CC12. The molecule has 1 saturated carbocycles. The van der Waals surface area contributed by atoms with Gasteiger partial charge in [-0.1, -0.05) is 0 Å². The van der Waals surface area contributed by atoms with Crippen molar-refractivity contribution in [2.75, 3.05) is 7.11 Å². The quantitative estimate of drug-likeness (QED) is 0.667. The molecule has 1 heterocycles. The van der Waals surface area contributed by atoms with Gasteiger partial charge in [-0.2, -0.15) is 0 Å². The van der Waals surface area contributed by atoms with Gasteiger partial charge < -0.3 is 14.6 Å². The minimum atomic E-state index is -0.157. The van der Waals surface area contributed by atoms with Crippen LogP contribution in [-0.4, -0.2) is 30.2 Å². The highest BCUT2D eigenvalue weighted by atomic mass is 16.7. The van der Waals surface area contributed by atoms with E-state index in [0.29, 0.717) is 11.8 Å². The standard InChI is InChI=1S/C10H18O3/c1-10(2)8-5-6(11)4-7(8)9(12-3)13-10/h6-9,11H,4-5H2,1-3H3. The third-order valence-electron chi connectivity index (χ3n) is 3.48. The van der Waals surface area contributed by atoms with Gasteiger partial charge in [0.05, 0.1) is 11.7 Å². The summed E-state index contributed by atoms with van der Waals surface area (Å²) in [6.07, 6.45) is 1.41. The number of aliphatic hydroxyl groups is 1. The van der Waals surface area contributed by atoms with Crippen LogP contribution in [0.25, 0.3) is 0 Å². The Bertz CT molecular complexity index is 202. The van der Waals surface area contributed by atoms with Gasteiger partial charge in [-0.15, -0.1) is 0 Å². The van der Waals surface area contributed by atoms with Crippen LogP contribution in [0.3, 0.4) is 0 Å². The number of hydrogen-bond acceptors (Lipinski definition) is 3. The first-order valence-electron chi connectivity index (χ1n) is 4.93. The summed E-state index contributed by atoms with van der Waals surface area (Å²) in [5.74, 6) is 0.836. The second kappa shape index (κ2) is 2.94. The number of aliphatic hydroxyl groups excluding tert-OH is 1. The number of ether oxygens (including phenoxy) is 2.